The molecule has 4 heteroatoms. The molecule has 3 nitrogen and oxygen atoms in total. The van der Waals surface area contributed by atoms with E-state index in [0.29, 0.717) is 6.04 Å². The molecule has 0 saturated carbocycles. The molecule has 0 aliphatic carbocycles. The van der Waals surface area contributed by atoms with Gasteiger partial charge in [0.25, 0.3) is 0 Å². The zero-order chi connectivity index (χ0) is 13.5. The minimum absolute atomic E-state index is 0.180. The fourth-order valence-electron chi connectivity index (χ4n) is 4.02. The Morgan fingerprint density at radius 1 is 1.53 bits per heavy atom. The summed E-state index contributed by atoms with van der Waals surface area (Å²) < 4.78 is 0. The Bertz CT molecular complexity index is 411. The first-order chi connectivity index (χ1) is 9.17. The van der Waals surface area contributed by atoms with Crippen LogP contribution in [0.4, 0.5) is 0 Å². The van der Waals surface area contributed by atoms with Crippen molar-refractivity contribution in [1.29, 1.82) is 0 Å². The lowest BCUT2D eigenvalue weighted by molar-refractivity contribution is -0.0706. The summed E-state index contributed by atoms with van der Waals surface area (Å²) >= 11 is 1.86. The van der Waals surface area contributed by atoms with E-state index in [1.807, 2.05) is 11.3 Å². The maximum atomic E-state index is 6.25. The zero-order valence-electron chi connectivity index (χ0n) is 12.0. The number of hydrogen-bond acceptors (Lipinski definition) is 4. The molecule has 1 aromatic heterocycles. The van der Waals surface area contributed by atoms with Crippen LogP contribution < -0.4 is 5.73 Å². The lowest BCUT2D eigenvalue weighted by Gasteiger charge is -2.58. The summed E-state index contributed by atoms with van der Waals surface area (Å²) in [6, 6.07) is 4.86. The normalized spacial score (nSPS) is 35.8. The molecule has 2 bridgehead atoms. The van der Waals surface area contributed by atoms with Gasteiger partial charge >= 0.3 is 0 Å². The maximum absolute atomic E-state index is 6.25. The lowest BCUT2D eigenvalue weighted by Crippen LogP contribution is -2.69. The van der Waals surface area contributed by atoms with Crippen molar-refractivity contribution in [3.05, 3.63) is 22.4 Å². The molecule has 3 saturated heterocycles. The molecule has 0 spiro atoms. The smallest absolute Gasteiger partial charge is 0.0490 e. The van der Waals surface area contributed by atoms with Gasteiger partial charge < -0.3 is 10.6 Å². The summed E-state index contributed by atoms with van der Waals surface area (Å²) in [5.41, 5.74) is 6.43. The second kappa shape index (κ2) is 5.17. The van der Waals surface area contributed by atoms with Crippen molar-refractivity contribution >= 4 is 11.3 Å². The van der Waals surface area contributed by atoms with Crippen molar-refractivity contribution in [1.82, 2.24) is 9.80 Å². The maximum Gasteiger partial charge on any atom is 0.0490 e. The third-order valence-electron chi connectivity index (χ3n) is 5.44. The summed E-state index contributed by atoms with van der Waals surface area (Å²) in [6.45, 7) is 6.79. The fraction of sp³-hybridized carbons (Fsp3) is 0.733. The van der Waals surface area contributed by atoms with Gasteiger partial charge in [-0.2, -0.15) is 0 Å². The number of fused-ring (bicyclic) bond motifs is 3. The van der Waals surface area contributed by atoms with Gasteiger partial charge in [-0.3, -0.25) is 4.90 Å². The van der Waals surface area contributed by atoms with Crippen molar-refractivity contribution in [2.24, 2.45) is 11.7 Å². The van der Waals surface area contributed by atoms with E-state index in [2.05, 4.69) is 41.3 Å². The average Bonchev–Trinajstić information content (AvgIpc) is 3.00. The van der Waals surface area contributed by atoms with Crippen LogP contribution in [0.3, 0.4) is 0 Å². The predicted molar refractivity (Wildman–Crippen MR) is 81.4 cm³/mol. The highest BCUT2D eigenvalue weighted by molar-refractivity contribution is 7.10. The Morgan fingerprint density at radius 2 is 2.26 bits per heavy atom. The average molecular weight is 279 g/mol. The van der Waals surface area contributed by atoms with Gasteiger partial charge in [0.05, 0.1) is 0 Å². The van der Waals surface area contributed by atoms with Gasteiger partial charge in [-0.15, -0.1) is 11.3 Å². The summed E-state index contributed by atoms with van der Waals surface area (Å²) in [5, 5.41) is 2.17. The summed E-state index contributed by atoms with van der Waals surface area (Å²) in [4.78, 5) is 6.62. The van der Waals surface area contributed by atoms with Crippen LogP contribution in [0.5, 0.6) is 0 Å². The van der Waals surface area contributed by atoms with E-state index in [-0.39, 0.29) is 5.54 Å². The highest BCUT2D eigenvalue weighted by atomic mass is 32.1. The molecule has 2 atom stereocenters. The topological polar surface area (TPSA) is 32.5 Å². The van der Waals surface area contributed by atoms with Crippen LogP contribution in [-0.2, 0) is 0 Å². The van der Waals surface area contributed by atoms with E-state index < -0.39 is 0 Å². The highest BCUT2D eigenvalue weighted by Gasteiger charge is 2.49. The first-order valence-electron chi connectivity index (χ1n) is 7.36. The molecular formula is C15H25N3S. The van der Waals surface area contributed by atoms with Gasteiger partial charge in [-0.05, 0) is 57.3 Å². The Balaban J connectivity index is 1.85. The highest BCUT2D eigenvalue weighted by Crippen LogP contribution is 2.42. The van der Waals surface area contributed by atoms with Gasteiger partial charge in [0, 0.05) is 29.5 Å². The monoisotopic (exact) mass is 279 g/mol. The van der Waals surface area contributed by atoms with E-state index in [1.165, 1.54) is 30.8 Å². The standard InChI is InChI=1S/C15H25N3S/c1-12(14-4-3-9-19-14)17(2)15(10-16)11-18-7-5-13(15)6-8-18/h3-4,9,12-13H,5-8,10-11,16H2,1-2H3. The Morgan fingerprint density at radius 3 is 2.74 bits per heavy atom. The number of likely N-dealkylation sites (N-methyl/N-ethyl adjacent to an activating group) is 1. The van der Waals surface area contributed by atoms with Gasteiger partial charge in [-0.1, -0.05) is 6.07 Å². The molecule has 19 heavy (non-hydrogen) atoms. The van der Waals surface area contributed by atoms with E-state index in [4.69, 9.17) is 5.73 Å². The van der Waals surface area contributed by atoms with Crippen LogP contribution >= 0.6 is 11.3 Å². The third kappa shape index (κ3) is 2.15. The first kappa shape index (κ1) is 13.6. The molecule has 4 heterocycles. The Hall–Kier alpha value is -0.420. The van der Waals surface area contributed by atoms with Gasteiger partial charge in [0.1, 0.15) is 0 Å². The molecule has 4 rings (SSSR count). The van der Waals surface area contributed by atoms with Crippen LogP contribution in [0.2, 0.25) is 0 Å². The van der Waals surface area contributed by atoms with Gasteiger partial charge in [0.2, 0.25) is 0 Å². The fourth-order valence-corrected chi connectivity index (χ4v) is 4.85. The second-order valence-corrected chi connectivity index (χ2v) is 7.14. The number of hydrogen-bond donors (Lipinski definition) is 1. The number of rotatable bonds is 4. The largest absolute Gasteiger partial charge is 0.329 e. The van der Waals surface area contributed by atoms with Crippen LogP contribution in [0.15, 0.2) is 17.5 Å². The van der Waals surface area contributed by atoms with Crippen LogP contribution in [0.1, 0.15) is 30.7 Å². The zero-order valence-corrected chi connectivity index (χ0v) is 12.8. The summed E-state index contributed by atoms with van der Waals surface area (Å²) in [6.07, 6.45) is 2.64. The van der Waals surface area contributed by atoms with E-state index >= 15 is 0 Å². The molecule has 0 aromatic carbocycles. The molecule has 3 aliphatic rings. The minimum Gasteiger partial charge on any atom is -0.329 e. The van der Waals surface area contributed by atoms with Gasteiger partial charge in [-0.25, -0.2) is 0 Å². The van der Waals surface area contributed by atoms with Crippen molar-refractivity contribution in [3.8, 4) is 0 Å². The second-order valence-electron chi connectivity index (χ2n) is 6.16. The molecule has 3 fully saturated rings. The van der Waals surface area contributed by atoms with Crippen LogP contribution in [-0.4, -0.2) is 48.6 Å². The number of nitrogens with zero attached hydrogens (tertiary/aromatic N) is 2. The molecule has 0 radical (unpaired) electrons. The molecule has 106 valence electrons. The molecule has 3 aliphatic heterocycles. The molecule has 2 unspecified atom stereocenters. The number of thiophene rings is 1. The number of nitrogens with two attached hydrogens (primary N) is 1. The Kier molecular flexibility index (Phi) is 3.69. The van der Waals surface area contributed by atoms with E-state index in [1.54, 1.807) is 0 Å². The predicted octanol–water partition coefficient (Wildman–Crippen LogP) is 2.16. The molecule has 2 N–H and O–H groups in total. The summed E-state index contributed by atoms with van der Waals surface area (Å²) in [7, 11) is 2.28. The van der Waals surface area contributed by atoms with Crippen molar-refractivity contribution in [2.45, 2.75) is 31.3 Å². The van der Waals surface area contributed by atoms with Crippen molar-refractivity contribution in [2.75, 3.05) is 33.2 Å². The Labute approximate surface area is 120 Å². The number of piperidine rings is 3. The van der Waals surface area contributed by atoms with Crippen LogP contribution in [0, 0.1) is 5.92 Å². The first-order valence-corrected chi connectivity index (χ1v) is 8.24. The van der Waals surface area contributed by atoms with Gasteiger partial charge in [0.15, 0.2) is 0 Å². The SMILES string of the molecule is CC(c1cccs1)N(C)C1(CN)CN2CCC1CC2. The van der Waals surface area contributed by atoms with Crippen LogP contribution in [0.25, 0.3) is 0 Å². The summed E-state index contributed by atoms with van der Waals surface area (Å²) in [5.74, 6) is 0.773. The van der Waals surface area contributed by atoms with E-state index in [0.717, 1.165) is 19.0 Å². The molecule has 0 amide bonds. The minimum atomic E-state index is 0.180. The third-order valence-corrected chi connectivity index (χ3v) is 6.48. The lowest BCUT2D eigenvalue weighted by atomic mass is 9.71. The van der Waals surface area contributed by atoms with Crippen molar-refractivity contribution < 1.29 is 0 Å². The molecular weight excluding hydrogens is 254 g/mol. The van der Waals surface area contributed by atoms with Crippen molar-refractivity contribution in [3.63, 3.8) is 0 Å². The van der Waals surface area contributed by atoms with E-state index in [9.17, 15) is 0 Å². The molecule has 1 aromatic rings. The quantitative estimate of drug-likeness (QED) is 0.917.